The molecule has 5 nitrogen and oxygen atoms in total. The van der Waals surface area contributed by atoms with Crippen LogP contribution in [0.1, 0.15) is 51.6 Å². The number of carboxylic acid groups (broad SMARTS) is 2. The third-order valence-electron chi connectivity index (χ3n) is 3.60. The van der Waals surface area contributed by atoms with Gasteiger partial charge < -0.3 is 10.2 Å². The standard InChI is InChI=1S/C19H19NO4/c1-2-3-8-20-9-6-14(7-10-20)4-5-15-11-16(18(21)22)13-17(12-15)19(23)24/h4-7,9-13H,2-3,8H2,1H3,(H-,21,22,23,24)/p+1. The van der Waals surface area contributed by atoms with Gasteiger partial charge in [0, 0.05) is 18.6 Å². The maximum absolute atomic E-state index is 11.1. The molecule has 24 heavy (non-hydrogen) atoms. The van der Waals surface area contributed by atoms with Gasteiger partial charge in [-0.1, -0.05) is 25.5 Å². The molecule has 0 amide bonds. The van der Waals surface area contributed by atoms with E-state index in [1.807, 2.05) is 30.6 Å². The highest BCUT2D eigenvalue weighted by atomic mass is 16.4. The number of nitrogens with zero attached hydrogens (tertiary/aromatic N) is 1. The number of hydrogen-bond donors (Lipinski definition) is 2. The number of benzene rings is 1. The molecule has 2 aromatic rings. The van der Waals surface area contributed by atoms with Crippen molar-refractivity contribution in [1.82, 2.24) is 0 Å². The van der Waals surface area contributed by atoms with Crippen LogP contribution in [-0.2, 0) is 6.54 Å². The van der Waals surface area contributed by atoms with E-state index < -0.39 is 11.9 Å². The summed E-state index contributed by atoms with van der Waals surface area (Å²) in [5.41, 5.74) is 1.41. The van der Waals surface area contributed by atoms with Crippen LogP contribution < -0.4 is 4.57 Å². The first kappa shape index (κ1) is 17.4. The molecule has 0 radical (unpaired) electrons. The second-order valence-electron chi connectivity index (χ2n) is 5.51. The van der Waals surface area contributed by atoms with E-state index in [1.54, 1.807) is 6.08 Å². The summed E-state index contributed by atoms with van der Waals surface area (Å²) < 4.78 is 2.11. The van der Waals surface area contributed by atoms with E-state index in [4.69, 9.17) is 10.2 Å². The number of carbonyl (C=O) groups is 2. The highest BCUT2D eigenvalue weighted by Crippen LogP contribution is 2.14. The normalized spacial score (nSPS) is 10.9. The minimum atomic E-state index is -1.15. The van der Waals surface area contributed by atoms with Crippen molar-refractivity contribution in [1.29, 1.82) is 0 Å². The first-order chi connectivity index (χ1) is 11.5. The van der Waals surface area contributed by atoms with Gasteiger partial charge in [0.1, 0.15) is 6.54 Å². The molecule has 0 atom stereocenters. The van der Waals surface area contributed by atoms with Crippen molar-refractivity contribution in [2.45, 2.75) is 26.3 Å². The van der Waals surface area contributed by atoms with Gasteiger partial charge in [-0.25, -0.2) is 14.2 Å². The van der Waals surface area contributed by atoms with Crippen LogP contribution >= 0.6 is 0 Å². The average Bonchev–Trinajstić information content (AvgIpc) is 2.58. The zero-order chi connectivity index (χ0) is 17.5. The van der Waals surface area contributed by atoms with E-state index in [9.17, 15) is 9.59 Å². The van der Waals surface area contributed by atoms with Gasteiger partial charge in [0.2, 0.25) is 0 Å². The molecule has 0 bridgehead atoms. The van der Waals surface area contributed by atoms with E-state index >= 15 is 0 Å². The fourth-order valence-corrected chi connectivity index (χ4v) is 2.26. The summed E-state index contributed by atoms with van der Waals surface area (Å²) in [5, 5.41) is 18.2. The number of carboxylic acids is 2. The Labute approximate surface area is 140 Å². The SMILES string of the molecule is CCCC[n+]1ccc(C=Cc2cc(C(=O)O)cc(C(=O)O)c2)cc1. The Morgan fingerprint density at radius 1 is 0.958 bits per heavy atom. The van der Waals surface area contributed by atoms with Crippen molar-refractivity contribution in [3.8, 4) is 0 Å². The summed E-state index contributed by atoms with van der Waals surface area (Å²) in [4.78, 5) is 22.2. The molecule has 1 heterocycles. The largest absolute Gasteiger partial charge is 0.478 e. The fourth-order valence-electron chi connectivity index (χ4n) is 2.26. The first-order valence-electron chi connectivity index (χ1n) is 7.78. The number of unbranched alkanes of at least 4 members (excludes halogenated alkanes) is 1. The predicted octanol–water partition coefficient (Wildman–Crippen LogP) is 3.34. The maximum Gasteiger partial charge on any atom is 0.335 e. The van der Waals surface area contributed by atoms with Crippen LogP contribution in [0.5, 0.6) is 0 Å². The Morgan fingerprint density at radius 2 is 1.50 bits per heavy atom. The van der Waals surface area contributed by atoms with Gasteiger partial charge in [-0.3, -0.25) is 0 Å². The topological polar surface area (TPSA) is 78.5 Å². The molecule has 0 fully saturated rings. The zero-order valence-electron chi connectivity index (χ0n) is 13.5. The van der Waals surface area contributed by atoms with Crippen LogP contribution in [0.3, 0.4) is 0 Å². The molecular weight excluding hydrogens is 306 g/mol. The molecule has 1 aromatic carbocycles. The lowest BCUT2D eigenvalue weighted by Gasteiger charge is -2.02. The number of aryl methyl sites for hydroxylation is 1. The van der Waals surface area contributed by atoms with Gasteiger partial charge in [-0.15, -0.1) is 0 Å². The van der Waals surface area contributed by atoms with Crippen molar-refractivity contribution in [3.63, 3.8) is 0 Å². The third-order valence-corrected chi connectivity index (χ3v) is 3.60. The summed E-state index contributed by atoms with van der Waals surface area (Å²) >= 11 is 0. The molecule has 0 aliphatic heterocycles. The van der Waals surface area contributed by atoms with Crippen LogP contribution in [0.25, 0.3) is 12.2 Å². The number of rotatable bonds is 7. The average molecular weight is 326 g/mol. The number of aromatic carboxylic acids is 2. The highest BCUT2D eigenvalue weighted by Gasteiger charge is 2.10. The Morgan fingerprint density at radius 3 is 2.00 bits per heavy atom. The van der Waals surface area contributed by atoms with Crippen LogP contribution in [-0.4, -0.2) is 22.2 Å². The Hall–Kier alpha value is -2.95. The molecule has 0 spiro atoms. The molecule has 0 saturated heterocycles. The predicted molar refractivity (Wildman–Crippen MR) is 90.8 cm³/mol. The summed E-state index contributed by atoms with van der Waals surface area (Å²) in [6.07, 6.45) is 9.79. The molecule has 5 heteroatoms. The molecule has 124 valence electrons. The van der Waals surface area contributed by atoms with E-state index in [-0.39, 0.29) is 11.1 Å². The number of pyridine rings is 1. The zero-order valence-corrected chi connectivity index (χ0v) is 13.5. The molecule has 0 aliphatic carbocycles. The van der Waals surface area contributed by atoms with Gasteiger partial charge in [0.25, 0.3) is 0 Å². The van der Waals surface area contributed by atoms with Crippen molar-refractivity contribution in [2.24, 2.45) is 0 Å². The number of aromatic nitrogens is 1. The quantitative estimate of drug-likeness (QED) is 0.765. The second-order valence-corrected chi connectivity index (χ2v) is 5.51. The smallest absolute Gasteiger partial charge is 0.335 e. The van der Waals surface area contributed by atoms with Gasteiger partial charge >= 0.3 is 11.9 Å². The third kappa shape index (κ3) is 4.78. The van der Waals surface area contributed by atoms with Gasteiger partial charge in [-0.2, -0.15) is 0 Å². The summed E-state index contributed by atoms with van der Waals surface area (Å²) in [6, 6.07) is 7.99. The van der Waals surface area contributed by atoms with Crippen LogP contribution in [0.2, 0.25) is 0 Å². The molecule has 2 N–H and O–H groups in total. The molecule has 2 rings (SSSR count). The minimum Gasteiger partial charge on any atom is -0.478 e. The van der Waals surface area contributed by atoms with E-state index in [0.717, 1.165) is 31.0 Å². The van der Waals surface area contributed by atoms with Crippen LogP contribution in [0, 0.1) is 0 Å². The van der Waals surface area contributed by atoms with Gasteiger partial charge in [0.05, 0.1) is 11.1 Å². The van der Waals surface area contributed by atoms with E-state index in [2.05, 4.69) is 11.5 Å². The van der Waals surface area contributed by atoms with Crippen LogP contribution in [0.4, 0.5) is 0 Å². The van der Waals surface area contributed by atoms with Gasteiger partial charge in [0.15, 0.2) is 12.4 Å². The second kappa shape index (κ2) is 8.06. The Bertz CT molecular complexity index is 731. The van der Waals surface area contributed by atoms with Crippen LogP contribution in [0.15, 0.2) is 42.7 Å². The van der Waals surface area contributed by atoms with Crippen molar-refractivity contribution >= 4 is 24.1 Å². The maximum atomic E-state index is 11.1. The molecule has 0 saturated carbocycles. The molecular formula is C19H20NO4+. The Balaban J connectivity index is 2.21. The monoisotopic (exact) mass is 326 g/mol. The lowest BCUT2D eigenvalue weighted by atomic mass is 10.0. The fraction of sp³-hybridized carbons (Fsp3) is 0.211. The Kier molecular flexibility index (Phi) is 5.84. The van der Waals surface area contributed by atoms with E-state index in [0.29, 0.717) is 5.56 Å². The molecule has 0 unspecified atom stereocenters. The number of hydrogen-bond acceptors (Lipinski definition) is 2. The summed E-state index contributed by atoms with van der Waals surface area (Å²) in [7, 11) is 0. The van der Waals surface area contributed by atoms with Crippen molar-refractivity contribution < 1.29 is 24.4 Å². The molecule has 1 aromatic heterocycles. The minimum absolute atomic E-state index is 0.0416. The lowest BCUT2D eigenvalue weighted by Crippen LogP contribution is -2.32. The summed E-state index contributed by atoms with van der Waals surface area (Å²) in [6.45, 7) is 3.12. The molecule has 0 aliphatic rings. The summed E-state index contributed by atoms with van der Waals surface area (Å²) in [5.74, 6) is -2.30. The van der Waals surface area contributed by atoms with Crippen molar-refractivity contribution in [3.05, 3.63) is 65.0 Å². The van der Waals surface area contributed by atoms with E-state index in [1.165, 1.54) is 12.1 Å². The lowest BCUT2D eigenvalue weighted by molar-refractivity contribution is -0.697. The van der Waals surface area contributed by atoms with Crippen molar-refractivity contribution in [2.75, 3.05) is 0 Å². The first-order valence-corrected chi connectivity index (χ1v) is 7.78. The highest BCUT2D eigenvalue weighted by molar-refractivity contribution is 5.95. The van der Waals surface area contributed by atoms with Gasteiger partial charge in [-0.05, 0) is 29.3 Å².